The molecule has 0 aliphatic carbocycles. The summed E-state index contributed by atoms with van der Waals surface area (Å²) < 4.78 is 7.16. The average Bonchev–Trinajstić information content (AvgIpc) is 3.02. The van der Waals surface area contributed by atoms with Gasteiger partial charge in [-0.25, -0.2) is 9.97 Å². The zero-order valence-corrected chi connectivity index (χ0v) is 12.4. The topological polar surface area (TPSA) is 89.8 Å². The van der Waals surface area contributed by atoms with Crippen LogP contribution in [-0.2, 0) is 17.9 Å². The zero-order chi connectivity index (χ0) is 14.9. The Morgan fingerprint density at radius 1 is 1.29 bits per heavy atom. The van der Waals surface area contributed by atoms with Crippen LogP contribution in [0.5, 0.6) is 0 Å². The van der Waals surface area contributed by atoms with E-state index in [9.17, 15) is 0 Å². The van der Waals surface area contributed by atoms with Crippen molar-refractivity contribution >= 4 is 11.6 Å². The van der Waals surface area contributed by atoms with E-state index in [0.29, 0.717) is 19.0 Å². The van der Waals surface area contributed by atoms with Crippen molar-refractivity contribution in [3.63, 3.8) is 0 Å². The third-order valence-electron chi connectivity index (χ3n) is 2.81. The van der Waals surface area contributed by atoms with Crippen molar-refractivity contribution in [2.24, 2.45) is 0 Å². The molecule has 0 bridgehead atoms. The summed E-state index contributed by atoms with van der Waals surface area (Å²) in [5.74, 6) is 2.24. The molecule has 8 heteroatoms. The van der Waals surface area contributed by atoms with E-state index in [1.54, 1.807) is 10.9 Å². The van der Waals surface area contributed by atoms with Crippen molar-refractivity contribution in [2.75, 3.05) is 30.8 Å². The molecular formula is C13H21N7O. The maximum Gasteiger partial charge on any atom is 0.158 e. The van der Waals surface area contributed by atoms with Gasteiger partial charge in [0.25, 0.3) is 0 Å². The Kier molecular flexibility index (Phi) is 5.89. The first-order valence-corrected chi connectivity index (χ1v) is 7.03. The molecule has 8 nitrogen and oxygen atoms in total. The Balaban J connectivity index is 1.85. The van der Waals surface area contributed by atoms with E-state index in [1.807, 2.05) is 26.2 Å². The summed E-state index contributed by atoms with van der Waals surface area (Å²) in [6, 6.07) is 1.88. The predicted octanol–water partition coefficient (Wildman–Crippen LogP) is 1.15. The van der Waals surface area contributed by atoms with Crippen LogP contribution in [0.15, 0.2) is 18.5 Å². The lowest BCUT2D eigenvalue weighted by atomic mass is 10.4. The van der Waals surface area contributed by atoms with Gasteiger partial charge in [0.15, 0.2) is 5.82 Å². The fourth-order valence-corrected chi connectivity index (χ4v) is 1.78. The van der Waals surface area contributed by atoms with Gasteiger partial charge in [0.2, 0.25) is 0 Å². The highest BCUT2D eigenvalue weighted by atomic mass is 16.5. The fourth-order valence-electron chi connectivity index (χ4n) is 1.78. The summed E-state index contributed by atoms with van der Waals surface area (Å²) in [4.78, 5) is 8.78. The normalized spacial score (nSPS) is 10.6. The minimum absolute atomic E-state index is 0.416. The van der Waals surface area contributed by atoms with Crippen LogP contribution in [0.1, 0.15) is 19.2 Å². The van der Waals surface area contributed by atoms with Crippen molar-refractivity contribution < 1.29 is 4.74 Å². The summed E-state index contributed by atoms with van der Waals surface area (Å²) >= 11 is 0. The molecule has 0 radical (unpaired) electrons. The fraction of sp³-hybridized carbons (Fsp3) is 0.538. The second-order valence-electron chi connectivity index (χ2n) is 4.39. The van der Waals surface area contributed by atoms with E-state index in [4.69, 9.17) is 4.74 Å². The van der Waals surface area contributed by atoms with Gasteiger partial charge in [0, 0.05) is 39.0 Å². The summed E-state index contributed by atoms with van der Waals surface area (Å²) in [6.07, 6.45) is 4.46. The summed E-state index contributed by atoms with van der Waals surface area (Å²) in [5, 5.41) is 14.0. The monoisotopic (exact) mass is 291 g/mol. The number of ether oxygens (including phenoxy) is 1. The van der Waals surface area contributed by atoms with Crippen LogP contribution in [0.3, 0.4) is 0 Å². The third kappa shape index (κ3) is 4.99. The first-order chi connectivity index (χ1) is 10.3. The van der Waals surface area contributed by atoms with E-state index in [1.165, 1.54) is 0 Å². The van der Waals surface area contributed by atoms with Crippen molar-refractivity contribution in [2.45, 2.75) is 26.5 Å². The van der Waals surface area contributed by atoms with Crippen molar-refractivity contribution in [3.05, 3.63) is 24.3 Å². The maximum absolute atomic E-state index is 5.35. The Bertz CT molecular complexity index is 529. The molecule has 0 saturated heterocycles. The molecule has 114 valence electrons. The molecule has 0 unspecified atom stereocenters. The molecule has 2 aromatic rings. The number of aromatic nitrogens is 5. The van der Waals surface area contributed by atoms with E-state index >= 15 is 0 Å². The number of nitrogens with zero attached hydrogens (tertiary/aromatic N) is 5. The first kappa shape index (κ1) is 15.2. The highest BCUT2D eigenvalue weighted by molar-refractivity contribution is 5.47. The van der Waals surface area contributed by atoms with Gasteiger partial charge in [-0.1, -0.05) is 5.21 Å². The minimum atomic E-state index is 0.416. The van der Waals surface area contributed by atoms with Crippen LogP contribution in [-0.4, -0.2) is 45.2 Å². The second kappa shape index (κ2) is 8.15. The molecule has 0 fully saturated rings. The molecule has 2 rings (SSSR count). The van der Waals surface area contributed by atoms with Gasteiger partial charge in [-0.05, 0) is 13.3 Å². The molecule has 0 aliphatic heterocycles. The van der Waals surface area contributed by atoms with Gasteiger partial charge in [-0.15, -0.1) is 5.10 Å². The SMILES string of the molecule is CCOCc1nc(NC)cc(NCCCn2ccnn2)n1. The molecule has 0 aliphatic rings. The molecular weight excluding hydrogens is 270 g/mol. The van der Waals surface area contributed by atoms with Crippen molar-refractivity contribution in [3.8, 4) is 0 Å². The smallest absolute Gasteiger partial charge is 0.158 e. The number of hydrogen-bond acceptors (Lipinski definition) is 7. The first-order valence-electron chi connectivity index (χ1n) is 7.03. The molecule has 0 atom stereocenters. The van der Waals surface area contributed by atoms with Crippen LogP contribution < -0.4 is 10.6 Å². The van der Waals surface area contributed by atoms with E-state index in [0.717, 1.165) is 31.1 Å². The van der Waals surface area contributed by atoms with E-state index in [2.05, 4.69) is 30.9 Å². The van der Waals surface area contributed by atoms with E-state index < -0.39 is 0 Å². The van der Waals surface area contributed by atoms with Gasteiger partial charge < -0.3 is 15.4 Å². The molecule has 0 spiro atoms. The largest absolute Gasteiger partial charge is 0.374 e. The molecule has 2 N–H and O–H groups in total. The van der Waals surface area contributed by atoms with Crippen LogP contribution in [0.25, 0.3) is 0 Å². The van der Waals surface area contributed by atoms with Crippen molar-refractivity contribution in [1.29, 1.82) is 0 Å². The number of hydrogen-bond donors (Lipinski definition) is 2. The van der Waals surface area contributed by atoms with Gasteiger partial charge >= 0.3 is 0 Å². The number of aryl methyl sites for hydroxylation is 1. The Labute approximate surface area is 123 Å². The molecule has 2 heterocycles. The quantitative estimate of drug-likeness (QED) is 0.670. The van der Waals surface area contributed by atoms with Crippen molar-refractivity contribution in [1.82, 2.24) is 25.0 Å². The lowest BCUT2D eigenvalue weighted by Crippen LogP contribution is -2.11. The Morgan fingerprint density at radius 3 is 2.86 bits per heavy atom. The van der Waals surface area contributed by atoms with Crippen LogP contribution in [0, 0.1) is 0 Å². The van der Waals surface area contributed by atoms with Gasteiger partial charge in [-0.2, -0.15) is 0 Å². The predicted molar refractivity (Wildman–Crippen MR) is 80.0 cm³/mol. The number of nitrogens with one attached hydrogen (secondary N) is 2. The van der Waals surface area contributed by atoms with E-state index in [-0.39, 0.29) is 0 Å². The standard InChI is InChI=1S/C13H21N7O/c1-3-21-10-13-17-11(14-2)9-12(18-13)15-5-4-7-20-8-6-16-19-20/h6,8-9H,3-5,7,10H2,1-2H3,(H2,14,15,17,18). The second-order valence-corrected chi connectivity index (χ2v) is 4.39. The summed E-state index contributed by atoms with van der Waals surface area (Å²) in [5.41, 5.74) is 0. The summed E-state index contributed by atoms with van der Waals surface area (Å²) in [7, 11) is 1.83. The highest BCUT2D eigenvalue weighted by Gasteiger charge is 2.04. The lowest BCUT2D eigenvalue weighted by Gasteiger charge is -2.10. The Hall–Kier alpha value is -2.22. The zero-order valence-electron chi connectivity index (χ0n) is 12.4. The summed E-state index contributed by atoms with van der Waals surface area (Å²) in [6.45, 7) is 4.63. The van der Waals surface area contributed by atoms with Crippen LogP contribution in [0.2, 0.25) is 0 Å². The third-order valence-corrected chi connectivity index (χ3v) is 2.81. The highest BCUT2D eigenvalue weighted by Crippen LogP contribution is 2.11. The van der Waals surface area contributed by atoms with Crippen LogP contribution >= 0.6 is 0 Å². The van der Waals surface area contributed by atoms with Gasteiger partial charge in [0.05, 0.1) is 6.20 Å². The molecule has 0 aromatic carbocycles. The lowest BCUT2D eigenvalue weighted by molar-refractivity contribution is 0.128. The number of anilines is 2. The molecule has 21 heavy (non-hydrogen) atoms. The molecule has 0 saturated carbocycles. The average molecular weight is 291 g/mol. The van der Waals surface area contributed by atoms with Gasteiger partial charge in [0.1, 0.15) is 18.2 Å². The van der Waals surface area contributed by atoms with Gasteiger partial charge in [-0.3, -0.25) is 4.68 Å². The molecule has 2 aromatic heterocycles. The number of rotatable bonds is 9. The Morgan fingerprint density at radius 2 is 2.14 bits per heavy atom. The maximum atomic E-state index is 5.35. The minimum Gasteiger partial charge on any atom is -0.374 e. The van der Waals surface area contributed by atoms with Crippen LogP contribution in [0.4, 0.5) is 11.6 Å². The molecule has 0 amide bonds.